The van der Waals surface area contributed by atoms with Gasteiger partial charge in [0.05, 0.1) is 0 Å². The molecule has 2 rings (SSSR count). The van der Waals surface area contributed by atoms with E-state index in [9.17, 15) is 0 Å². The van der Waals surface area contributed by atoms with E-state index < -0.39 is 0 Å². The summed E-state index contributed by atoms with van der Waals surface area (Å²) < 4.78 is 0. The van der Waals surface area contributed by atoms with Crippen molar-refractivity contribution in [3.05, 3.63) is 35.4 Å². The van der Waals surface area contributed by atoms with Crippen LogP contribution in [0.5, 0.6) is 0 Å². The standard InChI is InChI=1S/C16H25N/c1-3-13-8-10-14(11-9-13)12-15-6-5-7-16(15)17-4-2/h8-11,15-17H,3-7,12H2,1-2H3. The first-order chi connectivity index (χ1) is 8.33. The molecule has 17 heavy (non-hydrogen) atoms. The van der Waals surface area contributed by atoms with Gasteiger partial charge in [-0.2, -0.15) is 0 Å². The minimum absolute atomic E-state index is 0.755. The molecule has 0 aliphatic heterocycles. The molecule has 94 valence electrons. The monoisotopic (exact) mass is 231 g/mol. The molecule has 0 aromatic heterocycles. The van der Waals surface area contributed by atoms with Crippen LogP contribution in [0.2, 0.25) is 0 Å². The number of hydrogen-bond acceptors (Lipinski definition) is 1. The van der Waals surface area contributed by atoms with E-state index in [0.29, 0.717) is 0 Å². The molecular weight excluding hydrogens is 206 g/mol. The Morgan fingerprint density at radius 3 is 2.41 bits per heavy atom. The Balaban J connectivity index is 1.94. The van der Waals surface area contributed by atoms with Gasteiger partial charge in [0.25, 0.3) is 0 Å². The van der Waals surface area contributed by atoms with Crippen molar-refractivity contribution in [2.45, 2.75) is 52.0 Å². The van der Waals surface area contributed by atoms with Gasteiger partial charge in [-0.3, -0.25) is 0 Å². The normalized spacial score (nSPS) is 24.1. The molecule has 0 spiro atoms. The third-order valence-corrected chi connectivity index (χ3v) is 4.05. The summed E-state index contributed by atoms with van der Waals surface area (Å²) in [4.78, 5) is 0. The van der Waals surface area contributed by atoms with Crippen LogP contribution < -0.4 is 5.32 Å². The molecule has 0 saturated heterocycles. The quantitative estimate of drug-likeness (QED) is 0.817. The van der Waals surface area contributed by atoms with Crippen LogP contribution in [0.15, 0.2) is 24.3 Å². The highest BCUT2D eigenvalue weighted by atomic mass is 14.9. The van der Waals surface area contributed by atoms with Crippen molar-refractivity contribution in [2.24, 2.45) is 5.92 Å². The Morgan fingerprint density at radius 1 is 1.06 bits per heavy atom. The van der Waals surface area contributed by atoms with Crippen LogP contribution in [0.25, 0.3) is 0 Å². The van der Waals surface area contributed by atoms with Gasteiger partial charge in [0, 0.05) is 6.04 Å². The van der Waals surface area contributed by atoms with Gasteiger partial charge in [0.1, 0.15) is 0 Å². The van der Waals surface area contributed by atoms with Crippen molar-refractivity contribution in [2.75, 3.05) is 6.54 Å². The van der Waals surface area contributed by atoms with Crippen LogP contribution >= 0.6 is 0 Å². The van der Waals surface area contributed by atoms with Crippen molar-refractivity contribution in [3.8, 4) is 0 Å². The van der Waals surface area contributed by atoms with Crippen molar-refractivity contribution in [1.29, 1.82) is 0 Å². The summed E-state index contributed by atoms with van der Waals surface area (Å²) in [6.45, 7) is 5.54. The van der Waals surface area contributed by atoms with Gasteiger partial charge in [-0.15, -0.1) is 0 Å². The predicted molar refractivity (Wildman–Crippen MR) is 74.3 cm³/mol. The molecule has 0 bridgehead atoms. The average molecular weight is 231 g/mol. The van der Waals surface area contributed by atoms with Gasteiger partial charge >= 0.3 is 0 Å². The summed E-state index contributed by atoms with van der Waals surface area (Å²) in [5, 5.41) is 3.64. The summed E-state index contributed by atoms with van der Waals surface area (Å²) in [6.07, 6.45) is 6.56. The van der Waals surface area contributed by atoms with Gasteiger partial charge < -0.3 is 5.32 Å². The van der Waals surface area contributed by atoms with Crippen molar-refractivity contribution >= 4 is 0 Å². The third kappa shape index (κ3) is 3.32. The summed E-state index contributed by atoms with van der Waals surface area (Å²) in [5.74, 6) is 0.849. The molecule has 1 nitrogen and oxygen atoms in total. The van der Waals surface area contributed by atoms with Crippen LogP contribution in [-0.4, -0.2) is 12.6 Å². The minimum atomic E-state index is 0.755. The van der Waals surface area contributed by atoms with E-state index in [1.54, 1.807) is 0 Å². The second-order valence-electron chi connectivity index (χ2n) is 5.23. The Labute approximate surface area is 106 Å². The van der Waals surface area contributed by atoms with Gasteiger partial charge in [0.2, 0.25) is 0 Å². The first kappa shape index (κ1) is 12.6. The number of nitrogens with one attached hydrogen (secondary N) is 1. The summed E-state index contributed by atoms with van der Waals surface area (Å²) in [6, 6.07) is 9.96. The lowest BCUT2D eigenvalue weighted by molar-refractivity contribution is 0.406. The van der Waals surface area contributed by atoms with Crippen LogP contribution in [0.3, 0.4) is 0 Å². The lowest BCUT2D eigenvalue weighted by Crippen LogP contribution is -2.33. The Hall–Kier alpha value is -0.820. The molecule has 1 aromatic carbocycles. The maximum Gasteiger partial charge on any atom is 0.00983 e. The van der Waals surface area contributed by atoms with Crippen molar-refractivity contribution in [1.82, 2.24) is 5.32 Å². The van der Waals surface area contributed by atoms with Crippen LogP contribution in [0.1, 0.15) is 44.2 Å². The van der Waals surface area contributed by atoms with E-state index in [1.807, 2.05) is 0 Å². The van der Waals surface area contributed by atoms with Gasteiger partial charge in [-0.05, 0) is 49.3 Å². The van der Waals surface area contributed by atoms with Gasteiger partial charge in [-0.25, -0.2) is 0 Å². The fraction of sp³-hybridized carbons (Fsp3) is 0.625. The molecule has 0 heterocycles. The van der Waals surface area contributed by atoms with E-state index in [1.165, 1.54) is 36.8 Å². The van der Waals surface area contributed by atoms with Crippen molar-refractivity contribution in [3.63, 3.8) is 0 Å². The number of aryl methyl sites for hydroxylation is 1. The van der Waals surface area contributed by atoms with Crippen molar-refractivity contribution < 1.29 is 0 Å². The third-order valence-electron chi connectivity index (χ3n) is 4.05. The average Bonchev–Trinajstić information content (AvgIpc) is 2.78. The fourth-order valence-electron chi connectivity index (χ4n) is 3.03. The lowest BCUT2D eigenvalue weighted by Gasteiger charge is -2.20. The molecule has 1 aromatic rings. The smallest absolute Gasteiger partial charge is 0.00983 e. The van der Waals surface area contributed by atoms with Gasteiger partial charge in [-0.1, -0.05) is 44.5 Å². The highest BCUT2D eigenvalue weighted by molar-refractivity contribution is 5.23. The minimum Gasteiger partial charge on any atom is -0.314 e. The molecule has 1 fully saturated rings. The van der Waals surface area contributed by atoms with E-state index in [0.717, 1.165) is 24.9 Å². The first-order valence-electron chi connectivity index (χ1n) is 7.14. The van der Waals surface area contributed by atoms with E-state index >= 15 is 0 Å². The van der Waals surface area contributed by atoms with Crippen LogP contribution in [-0.2, 0) is 12.8 Å². The van der Waals surface area contributed by atoms with E-state index in [4.69, 9.17) is 0 Å². The number of rotatable bonds is 5. The second kappa shape index (κ2) is 6.20. The Morgan fingerprint density at radius 2 is 1.76 bits per heavy atom. The molecule has 2 unspecified atom stereocenters. The maximum atomic E-state index is 3.64. The molecule has 0 amide bonds. The lowest BCUT2D eigenvalue weighted by atomic mass is 9.94. The topological polar surface area (TPSA) is 12.0 Å². The van der Waals surface area contributed by atoms with Gasteiger partial charge in [0.15, 0.2) is 0 Å². The molecule has 1 aliphatic rings. The zero-order valence-corrected chi connectivity index (χ0v) is 11.2. The Kier molecular flexibility index (Phi) is 4.61. The van der Waals surface area contributed by atoms with E-state index in [-0.39, 0.29) is 0 Å². The highest BCUT2D eigenvalue weighted by Gasteiger charge is 2.26. The highest BCUT2D eigenvalue weighted by Crippen LogP contribution is 2.28. The zero-order chi connectivity index (χ0) is 12.1. The molecular formula is C16H25N. The molecule has 1 heteroatoms. The molecule has 1 N–H and O–H groups in total. The molecule has 2 atom stereocenters. The SMILES string of the molecule is CCNC1CCCC1Cc1ccc(CC)cc1. The maximum absolute atomic E-state index is 3.64. The first-order valence-corrected chi connectivity index (χ1v) is 7.14. The zero-order valence-electron chi connectivity index (χ0n) is 11.2. The fourth-order valence-corrected chi connectivity index (χ4v) is 3.03. The summed E-state index contributed by atoms with van der Waals surface area (Å²) >= 11 is 0. The molecule has 1 saturated carbocycles. The van der Waals surface area contributed by atoms with E-state index in [2.05, 4.69) is 43.4 Å². The Bertz CT molecular complexity index is 328. The molecule has 1 aliphatic carbocycles. The van der Waals surface area contributed by atoms with Crippen LogP contribution in [0.4, 0.5) is 0 Å². The number of benzene rings is 1. The molecule has 0 radical (unpaired) electrons. The summed E-state index contributed by atoms with van der Waals surface area (Å²) in [7, 11) is 0. The largest absolute Gasteiger partial charge is 0.314 e. The number of hydrogen-bond donors (Lipinski definition) is 1. The predicted octanol–water partition coefficient (Wildman–Crippen LogP) is 3.57. The second-order valence-corrected chi connectivity index (χ2v) is 5.23. The summed E-state index contributed by atoms with van der Waals surface area (Å²) in [5.41, 5.74) is 2.96. The van der Waals surface area contributed by atoms with Crippen LogP contribution in [0, 0.1) is 5.92 Å².